The minimum absolute atomic E-state index is 0. The molecule has 0 aliphatic heterocycles. The average Bonchev–Trinajstić information content (AvgIpc) is 2.96. The molecule has 0 saturated heterocycles. The molecule has 2 aromatic carbocycles. The van der Waals surface area contributed by atoms with Crippen molar-refractivity contribution in [3.63, 3.8) is 0 Å². The van der Waals surface area contributed by atoms with Crippen molar-refractivity contribution in [2.45, 2.75) is 25.7 Å². The molecule has 0 bridgehead atoms. The molecule has 0 heterocycles. The summed E-state index contributed by atoms with van der Waals surface area (Å²) in [4.78, 5) is 59.2. The molecule has 3 rings (SSSR count). The van der Waals surface area contributed by atoms with Gasteiger partial charge in [0, 0.05) is 29.2 Å². The zero-order valence-electron chi connectivity index (χ0n) is 24.1. The van der Waals surface area contributed by atoms with E-state index in [0.29, 0.717) is 30.5 Å². The van der Waals surface area contributed by atoms with E-state index in [2.05, 4.69) is 10.6 Å². The van der Waals surface area contributed by atoms with Gasteiger partial charge < -0.3 is 45.6 Å². The van der Waals surface area contributed by atoms with Gasteiger partial charge >= 0.3 is 59.1 Å². The fourth-order valence-corrected chi connectivity index (χ4v) is 4.37. The quantitative estimate of drug-likeness (QED) is 0.0683. The summed E-state index contributed by atoms with van der Waals surface area (Å²) in [6.45, 7) is -1.51. The van der Waals surface area contributed by atoms with Crippen LogP contribution in [0, 0.1) is 17.2 Å². The van der Waals surface area contributed by atoms with E-state index in [-0.39, 0.29) is 112 Å². The number of hydrogen-bond acceptors (Lipinski definition) is 10. The van der Waals surface area contributed by atoms with Crippen LogP contribution in [0.5, 0.6) is 11.5 Å². The van der Waals surface area contributed by atoms with Crippen molar-refractivity contribution in [1.29, 1.82) is 5.41 Å². The molecule has 2 amide bonds. The predicted molar refractivity (Wildman–Crippen MR) is 140 cm³/mol. The molecule has 15 heteroatoms. The van der Waals surface area contributed by atoms with Gasteiger partial charge in [0.15, 0.2) is 17.3 Å². The molecule has 1 aliphatic rings. The van der Waals surface area contributed by atoms with E-state index in [9.17, 15) is 34.2 Å². The second-order valence-corrected chi connectivity index (χ2v) is 9.54. The first-order valence-corrected chi connectivity index (χ1v) is 12.9. The molecule has 1 aliphatic carbocycles. The number of Topliss-reactive ketones (excluding diaryl/α,β-unsaturated/α-hetero) is 1. The number of aliphatic carboxylic acids is 2. The third-order valence-corrected chi connectivity index (χ3v) is 6.61. The van der Waals surface area contributed by atoms with Gasteiger partial charge in [-0.15, -0.1) is 0 Å². The smallest absolute Gasteiger partial charge is 0.546 e. The van der Waals surface area contributed by atoms with Crippen molar-refractivity contribution in [3.05, 3.63) is 59.2 Å². The molecule has 218 valence electrons. The van der Waals surface area contributed by atoms with Gasteiger partial charge in [-0.05, 0) is 61.9 Å². The predicted octanol–water partition coefficient (Wildman–Crippen LogP) is -7.23. The van der Waals surface area contributed by atoms with E-state index in [1.165, 1.54) is 18.2 Å². The van der Waals surface area contributed by atoms with Crippen LogP contribution in [-0.2, 0) is 14.4 Å². The molecule has 0 atom stereocenters. The van der Waals surface area contributed by atoms with Crippen molar-refractivity contribution in [2.24, 2.45) is 17.6 Å². The topological polar surface area (TPSA) is 224 Å². The fourth-order valence-electron chi connectivity index (χ4n) is 4.37. The number of carboxylic acids is 2. The first kappa shape index (κ1) is 38.1. The number of ketones is 1. The number of carbonyl (C=O) groups excluding carboxylic acids is 5. The number of ether oxygens (including phenoxy) is 2. The summed E-state index contributed by atoms with van der Waals surface area (Å²) in [6, 6.07) is 10.2. The second-order valence-electron chi connectivity index (χ2n) is 9.54. The van der Waals surface area contributed by atoms with Gasteiger partial charge in [0.1, 0.15) is 19.0 Å². The first-order chi connectivity index (χ1) is 19.5. The monoisotopic (exact) mass is 612 g/mol. The van der Waals surface area contributed by atoms with E-state index in [1.807, 2.05) is 0 Å². The van der Waals surface area contributed by atoms with E-state index in [4.69, 9.17) is 20.6 Å². The minimum Gasteiger partial charge on any atom is -0.546 e. The molecule has 1 fully saturated rings. The Hall–Kier alpha value is -2.94. The molecule has 43 heavy (non-hydrogen) atoms. The number of nitrogens with two attached hydrogens (primary N) is 1. The number of rotatable bonds is 14. The number of nitrogens with one attached hydrogen (secondary N) is 3. The number of amides is 2. The molecule has 13 nitrogen and oxygen atoms in total. The molecule has 1 saturated carbocycles. The van der Waals surface area contributed by atoms with Gasteiger partial charge in [-0.1, -0.05) is 12.1 Å². The number of hydrogen-bond donors (Lipinski definition) is 4. The number of carboxylic acid groups (broad SMARTS) is 2. The van der Waals surface area contributed by atoms with E-state index < -0.39 is 30.9 Å². The zero-order valence-corrected chi connectivity index (χ0v) is 28.1. The Balaban J connectivity index is 0.00000462. The van der Waals surface area contributed by atoms with Crippen LogP contribution >= 0.6 is 0 Å². The van der Waals surface area contributed by atoms with Crippen molar-refractivity contribution in [3.8, 4) is 11.5 Å². The fraction of sp³-hybridized carbons (Fsp3) is 0.357. The third-order valence-electron chi connectivity index (χ3n) is 6.61. The Morgan fingerprint density at radius 1 is 0.791 bits per heavy atom. The van der Waals surface area contributed by atoms with Crippen molar-refractivity contribution in [2.75, 3.05) is 26.3 Å². The van der Waals surface area contributed by atoms with Crippen LogP contribution in [0.1, 0.15) is 52.0 Å². The molecule has 5 N–H and O–H groups in total. The molecule has 2 aromatic rings. The number of amidine groups is 1. The SMILES string of the molecule is N=C(N)c1ccc(C(=O)NC[C@H]2CC[C@H](C(=O)NCC(=O)c3ccc(OCC(=O)[O-])c(OCC(=O)[O-])c3)CC2)cc1.[Na+].[Na+]. The third kappa shape index (κ3) is 12.3. The molecule has 0 aromatic heterocycles. The maximum Gasteiger partial charge on any atom is 1.00 e. The maximum atomic E-state index is 12.7. The summed E-state index contributed by atoms with van der Waals surface area (Å²) < 4.78 is 10.0. The summed E-state index contributed by atoms with van der Waals surface area (Å²) in [7, 11) is 0. The second kappa shape index (κ2) is 18.7. The Labute approximate surface area is 292 Å². The zero-order chi connectivity index (χ0) is 29.9. The Morgan fingerprint density at radius 3 is 1.88 bits per heavy atom. The van der Waals surface area contributed by atoms with Crippen LogP contribution in [0.4, 0.5) is 0 Å². The van der Waals surface area contributed by atoms with E-state index in [1.54, 1.807) is 24.3 Å². The Kier molecular flexibility index (Phi) is 16.5. The Morgan fingerprint density at radius 2 is 1.33 bits per heavy atom. The summed E-state index contributed by atoms with van der Waals surface area (Å²) in [5, 5.41) is 34.4. The van der Waals surface area contributed by atoms with E-state index in [0.717, 1.165) is 12.8 Å². The van der Waals surface area contributed by atoms with Crippen LogP contribution < -0.4 is 95.2 Å². The van der Waals surface area contributed by atoms with Gasteiger partial charge in [0.2, 0.25) is 5.91 Å². The van der Waals surface area contributed by atoms with Gasteiger partial charge in [-0.3, -0.25) is 19.8 Å². The molecule has 0 spiro atoms. The van der Waals surface area contributed by atoms with Crippen molar-refractivity contribution < 1.29 is 103 Å². The van der Waals surface area contributed by atoms with Gasteiger partial charge in [0.25, 0.3) is 5.91 Å². The normalized spacial score (nSPS) is 15.4. The van der Waals surface area contributed by atoms with Gasteiger partial charge in [-0.2, -0.15) is 0 Å². The average molecular weight is 613 g/mol. The van der Waals surface area contributed by atoms with Gasteiger partial charge in [-0.25, -0.2) is 0 Å². The summed E-state index contributed by atoms with van der Waals surface area (Å²) in [5.41, 5.74) is 6.52. The molecular weight excluding hydrogens is 582 g/mol. The summed E-state index contributed by atoms with van der Waals surface area (Å²) in [5.74, 6) is -4.44. The maximum absolute atomic E-state index is 12.7. The standard InChI is InChI=1S/C28H32N4O9.2Na/c29-26(30)17-5-7-19(8-6-17)27(38)31-12-16-1-3-18(4-2-16)28(39)32-13-21(33)20-9-10-22(40-14-24(34)35)23(11-20)41-15-25(36)37;;/h5-11,16,18H,1-4,12-15H2,(H3,29,30)(H,31,38)(H,32,39)(H,34,35)(H,36,37);;/q;2*+1/p-2/t16-,18-;;. The largest absolute Gasteiger partial charge is 1.00 e. The van der Waals surface area contributed by atoms with Crippen molar-refractivity contribution in [1.82, 2.24) is 10.6 Å². The van der Waals surface area contributed by atoms with Gasteiger partial charge in [0.05, 0.1) is 18.5 Å². The van der Waals surface area contributed by atoms with E-state index >= 15 is 0 Å². The van der Waals surface area contributed by atoms with Crippen molar-refractivity contribution >= 4 is 35.4 Å². The van der Waals surface area contributed by atoms with Crippen LogP contribution in [0.25, 0.3) is 0 Å². The number of carbonyl (C=O) groups is 5. The minimum atomic E-state index is -1.53. The van der Waals surface area contributed by atoms with Crippen LogP contribution in [-0.4, -0.2) is 61.7 Å². The molecular formula is C28H30N4Na2O9. The van der Waals surface area contributed by atoms with Crippen LogP contribution in [0.2, 0.25) is 0 Å². The summed E-state index contributed by atoms with van der Waals surface area (Å²) in [6.07, 6.45) is 2.64. The molecule has 0 unspecified atom stereocenters. The van der Waals surface area contributed by atoms with Crippen LogP contribution in [0.15, 0.2) is 42.5 Å². The number of nitrogen functional groups attached to an aromatic ring is 1. The first-order valence-electron chi connectivity index (χ1n) is 12.9. The molecule has 0 radical (unpaired) electrons. The Bertz CT molecular complexity index is 1310. The summed E-state index contributed by atoms with van der Waals surface area (Å²) >= 11 is 0. The van der Waals surface area contributed by atoms with Crippen LogP contribution in [0.3, 0.4) is 0 Å². The number of benzene rings is 2.